The lowest BCUT2D eigenvalue weighted by atomic mass is 10.2. The lowest BCUT2D eigenvalue weighted by Crippen LogP contribution is -2.49. The van der Waals surface area contributed by atoms with E-state index in [1.807, 2.05) is 32.0 Å². The van der Waals surface area contributed by atoms with Crippen LogP contribution in [0.15, 0.2) is 48.7 Å². The van der Waals surface area contributed by atoms with Crippen LogP contribution in [0, 0.1) is 0 Å². The molecule has 0 saturated carbocycles. The molecule has 1 aliphatic rings. The summed E-state index contributed by atoms with van der Waals surface area (Å²) in [4.78, 5) is 32.8. The summed E-state index contributed by atoms with van der Waals surface area (Å²) in [5.74, 6) is 1.19. The Kier molecular flexibility index (Phi) is 6.47. The molecule has 0 unspecified atom stereocenters. The van der Waals surface area contributed by atoms with Crippen molar-refractivity contribution in [2.75, 3.05) is 36.4 Å². The Balaban J connectivity index is 1.45. The number of pyridine rings is 1. The zero-order chi connectivity index (χ0) is 19.9. The van der Waals surface area contributed by atoms with Crippen LogP contribution in [0.3, 0.4) is 0 Å². The van der Waals surface area contributed by atoms with Crippen LogP contribution in [0.5, 0.6) is 5.75 Å². The number of hydrogen-bond donors (Lipinski definition) is 1. The number of hydrogen-bond acceptors (Lipinski definition) is 5. The first kappa shape index (κ1) is 19.7. The number of carbonyl (C=O) groups excluding carboxylic acids is 2. The van der Waals surface area contributed by atoms with Crippen molar-refractivity contribution in [1.82, 2.24) is 9.88 Å². The largest absolute Gasteiger partial charge is 0.491 e. The molecule has 0 aliphatic carbocycles. The lowest BCUT2D eigenvalue weighted by molar-refractivity contribution is -0.134. The smallest absolute Gasteiger partial charge is 0.233 e. The van der Waals surface area contributed by atoms with Gasteiger partial charge in [-0.2, -0.15) is 0 Å². The fraction of sp³-hybridized carbons (Fsp3) is 0.381. The summed E-state index contributed by atoms with van der Waals surface area (Å²) in [7, 11) is 0. The number of piperazine rings is 1. The minimum Gasteiger partial charge on any atom is -0.491 e. The van der Waals surface area contributed by atoms with E-state index in [4.69, 9.17) is 4.74 Å². The van der Waals surface area contributed by atoms with E-state index >= 15 is 0 Å². The molecule has 0 spiro atoms. The average Bonchev–Trinajstić information content (AvgIpc) is 2.70. The molecule has 0 atom stereocenters. The zero-order valence-corrected chi connectivity index (χ0v) is 16.3. The minimum atomic E-state index is -0.310. The SMILES string of the molecule is CC(C)Oc1ccc(NC(=O)CC(=O)N2CCN(c3ccccn3)CC2)cc1. The normalized spacial score (nSPS) is 14.1. The van der Waals surface area contributed by atoms with Gasteiger partial charge in [0, 0.05) is 38.1 Å². The zero-order valence-electron chi connectivity index (χ0n) is 16.3. The summed E-state index contributed by atoms with van der Waals surface area (Å²) in [5.41, 5.74) is 0.647. The second kappa shape index (κ2) is 9.21. The van der Waals surface area contributed by atoms with Crippen molar-refractivity contribution in [1.29, 1.82) is 0 Å². The van der Waals surface area contributed by atoms with Gasteiger partial charge in [0.25, 0.3) is 0 Å². The predicted molar refractivity (Wildman–Crippen MR) is 108 cm³/mol. The first-order valence-electron chi connectivity index (χ1n) is 9.51. The minimum absolute atomic E-state index is 0.0937. The van der Waals surface area contributed by atoms with E-state index < -0.39 is 0 Å². The monoisotopic (exact) mass is 382 g/mol. The van der Waals surface area contributed by atoms with Crippen molar-refractivity contribution in [3.05, 3.63) is 48.7 Å². The number of carbonyl (C=O) groups is 2. The maximum Gasteiger partial charge on any atom is 0.233 e. The molecular weight excluding hydrogens is 356 g/mol. The molecule has 0 bridgehead atoms. The number of rotatable bonds is 6. The first-order chi connectivity index (χ1) is 13.5. The second-order valence-corrected chi connectivity index (χ2v) is 6.97. The molecule has 1 saturated heterocycles. The summed E-state index contributed by atoms with van der Waals surface area (Å²) in [6.45, 7) is 6.51. The number of aromatic nitrogens is 1. The van der Waals surface area contributed by atoms with Gasteiger partial charge in [0.15, 0.2) is 0 Å². The van der Waals surface area contributed by atoms with Gasteiger partial charge in [-0.1, -0.05) is 6.07 Å². The van der Waals surface area contributed by atoms with Gasteiger partial charge < -0.3 is 19.9 Å². The van der Waals surface area contributed by atoms with E-state index in [0.29, 0.717) is 31.9 Å². The summed E-state index contributed by atoms with van der Waals surface area (Å²) in [6.07, 6.45) is 1.70. The van der Waals surface area contributed by atoms with E-state index in [0.717, 1.165) is 11.6 Å². The van der Waals surface area contributed by atoms with E-state index in [-0.39, 0.29) is 24.3 Å². The van der Waals surface area contributed by atoms with Gasteiger partial charge >= 0.3 is 0 Å². The Morgan fingerprint density at radius 3 is 2.39 bits per heavy atom. The van der Waals surface area contributed by atoms with E-state index in [9.17, 15) is 9.59 Å². The van der Waals surface area contributed by atoms with E-state index in [1.54, 1.807) is 35.4 Å². The molecule has 28 heavy (non-hydrogen) atoms. The van der Waals surface area contributed by atoms with Gasteiger partial charge in [0.2, 0.25) is 11.8 Å². The van der Waals surface area contributed by atoms with Gasteiger partial charge in [-0.15, -0.1) is 0 Å². The Morgan fingerprint density at radius 1 is 1.07 bits per heavy atom. The molecule has 2 heterocycles. The second-order valence-electron chi connectivity index (χ2n) is 6.97. The highest BCUT2D eigenvalue weighted by Gasteiger charge is 2.23. The van der Waals surface area contributed by atoms with Crippen LogP contribution in [-0.4, -0.2) is 54.0 Å². The summed E-state index contributed by atoms with van der Waals surface area (Å²) in [6, 6.07) is 12.9. The van der Waals surface area contributed by atoms with E-state index in [1.165, 1.54) is 0 Å². The highest BCUT2D eigenvalue weighted by molar-refractivity contribution is 6.03. The van der Waals surface area contributed by atoms with E-state index in [2.05, 4.69) is 15.2 Å². The molecule has 1 aliphatic heterocycles. The molecular formula is C21H26N4O3. The number of nitrogens with one attached hydrogen (secondary N) is 1. The Hall–Kier alpha value is -3.09. The molecule has 2 aromatic rings. The van der Waals surface area contributed by atoms with Crippen LogP contribution in [0.2, 0.25) is 0 Å². The molecule has 1 aromatic heterocycles. The van der Waals surface area contributed by atoms with Crippen molar-refractivity contribution < 1.29 is 14.3 Å². The molecule has 1 N–H and O–H groups in total. The van der Waals surface area contributed by atoms with Crippen LogP contribution >= 0.6 is 0 Å². The fourth-order valence-electron chi connectivity index (χ4n) is 3.07. The maximum atomic E-state index is 12.4. The van der Waals surface area contributed by atoms with Gasteiger partial charge in [-0.3, -0.25) is 9.59 Å². The van der Waals surface area contributed by atoms with Crippen molar-refractivity contribution in [3.63, 3.8) is 0 Å². The van der Waals surface area contributed by atoms with Gasteiger partial charge in [-0.05, 0) is 50.2 Å². The summed E-state index contributed by atoms with van der Waals surface area (Å²) in [5, 5.41) is 2.76. The molecule has 1 fully saturated rings. The number of ether oxygens (including phenoxy) is 1. The highest BCUT2D eigenvalue weighted by Crippen LogP contribution is 2.17. The van der Waals surface area contributed by atoms with Crippen molar-refractivity contribution in [2.24, 2.45) is 0 Å². The van der Waals surface area contributed by atoms with Crippen molar-refractivity contribution >= 4 is 23.3 Å². The summed E-state index contributed by atoms with van der Waals surface area (Å²) >= 11 is 0. The van der Waals surface area contributed by atoms with Crippen LogP contribution < -0.4 is 15.0 Å². The Morgan fingerprint density at radius 2 is 1.79 bits per heavy atom. The lowest BCUT2D eigenvalue weighted by Gasteiger charge is -2.35. The molecule has 7 heteroatoms. The molecule has 0 radical (unpaired) electrons. The molecule has 2 amide bonds. The number of benzene rings is 1. The van der Waals surface area contributed by atoms with Crippen LogP contribution in [0.25, 0.3) is 0 Å². The van der Waals surface area contributed by atoms with Gasteiger partial charge in [0.05, 0.1) is 6.10 Å². The van der Waals surface area contributed by atoms with Gasteiger partial charge in [0.1, 0.15) is 18.0 Å². The molecule has 1 aromatic carbocycles. The van der Waals surface area contributed by atoms with Crippen LogP contribution in [-0.2, 0) is 9.59 Å². The average molecular weight is 382 g/mol. The Bertz CT molecular complexity index is 785. The van der Waals surface area contributed by atoms with Crippen LogP contribution in [0.1, 0.15) is 20.3 Å². The predicted octanol–water partition coefficient (Wildman–Crippen LogP) is 2.55. The van der Waals surface area contributed by atoms with Crippen molar-refractivity contribution in [2.45, 2.75) is 26.4 Å². The molecule has 3 rings (SSSR count). The quantitative estimate of drug-likeness (QED) is 0.777. The third-order valence-corrected chi connectivity index (χ3v) is 4.43. The number of nitrogens with zero attached hydrogens (tertiary/aromatic N) is 3. The highest BCUT2D eigenvalue weighted by atomic mass is 16.5. The third-order valence-electron chi connectivity index (χ3n) is 4.43. The van der Waals surface area contributed by atoms with Crippen molar-refractivity contribution in [3.8, 4) is 5.75 Å². The number of anilines is 2. The molecule has 7 nitrogen and oxygen atoms in total. The summed E-state index contributed by atoms with van der Waals surface area (Å²) < 4.78 is 5.58. The molecule has 148 valence electrons. The van der Waals surface area contributed by atoms with Gasteiger partial charge in [-0.25, -0.2) is 4.98 Å². The Labute approximate surface area is 165 Å². The fourth-order valence-corrected chi connectivity index (χ4v) is 3.07. The standard InChI is InChI=1S/C21H26N4O3/c1-16(2)28-18-8-6-17(7-9-18)23-20(26)15-21(27)25-13-11-24(12-14-25)19-5-3-4-10-22-19/h3-10,16H,11-15H2,1-2H3,(H,23,26). The first-order valence-corrected chi connectivity index (χ1v) is 9.51. The topological polar surface area (TPSA) is 74.8 Å². The van der Waals surface area contributed by atoms with Crippen LogP contribution in [0.4, 0.5) is 11.5 Å². The maximum absolute atomic E-state index is 12.4. The number of amides is 2. The third kappa shape index (κ3) is 5.45.